The Hall–Kier alpha value is -3.06. The smallest absolute Gasteiger partial charge is 0.408 e. The number of nitrogens with one attached hydrogen (secondary N) is 2. The van der Waals surface area contributed by atoms with Crippen molar-refractivity contribution in [3.8, 4) is 0 Å². The van der Waals surface area contributed by atoms with Crippen molar-refractivity contribution in [3.05, 3.63) is 64.2 Å². The van der Waals surface area contributed by atoms with Crippen LogP contribution < -0.4 is 10.6 Å². The molecule has 0 fully saturated rings. The Morgan fingerprint density at radius 3 is 2.17 bits per heavy atom. The van der Waals surface area contributed by atoms with Gasteiger partial charge in [0.25, 0.3) is 5.91 Å². The molecular formula is C33H48ClN3O4. The molecule has 3 amide bonds. The number of para-hydroxylation sites is 1. The fourth-order valence-corrected chi connectivity index (χ4v) is 4.86. The molecule has 0 bridgehead atoms. The van der Waals surface area contributed by atoms with Gasteiger partial charge in [0.2, 0.25) is 5.91 Å². The fourth-order valence-electron chi connectivity index (χ4n) is 4.59. The van der Waals surface area contributed by atoms with E-state index in [0.717, 1.165) is 43.2 Å². The van der Waals surface area contributed by atoms with Gasteiger partial charge in [-0.25, -0.2) is 4.79 Å². The molecule has 2 unspecified atom stereocenters. The number of ether oxygens (including phenoxy) is 1. The summed E-state index contributed by atoms with van der Waals surface area (Å²) in [6, 6.07) is 11.4. The molecule has 7 nitrogen and oxygen atoms in total. The molecule has 0 aromatic heterocycles. The summed E-state index contributed by atoms with van der Waals surface area (Å²) >= 11 is 6.47. The van der Waals surface area contributed by atoms with Crippen molar-refractivity contribution in [1.82, 2.24) is 10.2 Å². The van der Waals surface area contributed by atoms with Crippen LogP contribution in [0, 0.1) is 12.8 Å². The number of anilines is 1. The van der Waals surface area contributed by atoms with Gasteiger partial charge < -0.3 is 20.3 Å². The van der Waals surface area contributed by atoms with Gasteiger partial charge in [0, 0.05) is 6.54 Å². The van der Waals surface area contributed by atoms with Crippen molar-refractivity contribution in [2.75, 3.05) is 11.9 Å². The highest BCUT2D eigenvalue weighted by Gasteiger charge is 2.37. The maximum atomic E-state index is 14.3. The van der Waals surface area contributed by atoms with Crippen molar-refractivity contribution in [2.24, 2.45) is 5.92 Å². The quantitative estimate of drug-likeness (QED) is 0.234. The van der Waals surface area contributed by atoms with E-state index in [2.05, 4.69) is 24.5 Å². The van der Waals surface area contributed by atoms with E-state index in [1.807, 2.05) is 57.2 Å². The van der Waals surface area contributed by atoms with E-state index < -0.39 is 23.8 Å². The molecule has 0 aliphatic carbocycles. The second-order valence-corrected chi connectivity index (χ2v) is 12.3. The van der Waals surface area contributed by atoms with Crippen LogP contribution in [0.1, 0.15) is 96.9 Å². The van der Waals surface area contributed by atoms with E-state index in [4.69, 9.17) is 16.3 Å². The summed E-state index contributed by atoms with van der Waals surface area (Å²) in [5.41, 5.74) is 2.43. The lowest BCUT2D eigenvalue weighted by atomic mass is 9.97. The summed E-state index contributed by atoms with van der Waals surface area (Å²) in [5, 5.41) is 6.21. The molecule has 41 heavy (non-hydrogen) atoms. The number of halogens is 1. The van der Waals surface area contributed by atoms with E-state index in [-0.39, 0.29) is 17.7 Å². The zero-order chi connectivity index (χ0) is 30.7. The van der Waals surface area contributed by atoms with Gasteiger partial charge in [-0.3, -0.25) is 9.59 Å². The summed E-state index contributed by atoms with van der Waals surface area (Å²) in [5.74, 6) is -0.947. The second kappa shape index (κ2) is 15.8. The van der Waals surface area contributed by atoms with Crippen LogP contribution in [0.5, 0.6) is 0 Å². The largest absolute Gasteiger partial charge is 0.444 e. The number of aryl methyl sites for hydroxylation is 2. The van der Waals surface area contributed by atoms with Crippen molar-refractivity contribution in [2.45, 2.75) is 105 Å². The second-order valence-electron chi connectivity index (χ2n) is 11.9. The predicted molar refractivity (Wildman–Crippen MR) is 167 cm³/mol. The van der Waals surface area contributed by atoms with Crippen LogP contribution in [0.15, 0.2) is 42.5 Å². The number of carbonyl (C=O) groups excluding carboxylic acids is 3. The number of unbranched alkanes of at least 4 members (excludes halogenated alkanes) is 3. The Kier molecular flexibility index (Phi) is 13.2. The number of benzene rings is 2. The van der Waals surface area contributed by atoms with Gasteiger partial charge >= 0.3 is 6.09 Å². The monoisotopic (exact) mass is 585 g/mol. The summed E-state index contributed by atoms with van der Waals surface area (Å²) in [6.45, 7) is 15.5. The summed E-state index contributed by atoms with van der Waals surface area (Å²) in [7, 11) is 0. The zero-order valence-corrected chi connectivity index (χ0v) is 26.7. The first-order chi connectivity index (χ1) is 19.3. The van der Waals surface area contributed by atoms with Crippen molar-refractivity contribution >= 4 is 35.2 Å². The van der Waals surface area contributed by atoms with E-state index in [9.17, 15) is 14.4 Å². The van der Waals surface area contributed by atoms with Crippen LogP contribution >= 0.6 is 11.6 Å². The molecule has 0 saturated carbocycles. The molecule has 0 spiro atoms. The van der Waals surface area contributed by atoms with Crippen LogP contribution in [-0.4, -0.2) is 41.0 Å². The molecule has 0 saturated heterocycles. The highest BCUT2D eigenvalue weighted by Crippen LogP contribution is 2.30. The first kappa shape index (κ1) is 34.1. The van der Waals surface area contributed by atoms with Gasteiger partial charge in [-0.15, -0.1) is 0 Å². The lowest BCUT2D eigenvalue weighted by molar-refractivity contribution is -0.141. The number of hydrogen-bond acceptors (Lipinski definition) is 4. The van der Waals surface area contributed by atoms with Gasteiger partial charge in [-0.2, -0.15) is 0 Å². The summed E-state index contributed by atoms with van der Waals surface area (Å²) in [6.07, 6.45) is 3.88. The topological polar surface area (TPSA) is 87.7 Å². The Bertz CT molecular complexity index is 1140. The lowest BCUT2D eigenvalue weighted by Gasteiger charge is -2.36. The Morgan fingerprint density at radius 1 is 0.976 bits per heavy atom. The molecular weight excluding hydrogens is 538 g/mol. The first-order valence-electron chi connectivity index (χ1n) is 14.7. The number of hydrogen-bond donors (Lipinski definition) is 2. The molecule has 2 aromatic carbocycles. The highest BCUT2D eigenvalue weighted by atomic mass is 35.5. The van der Waals surface area contributed by atoms with E-state index in [0.29, 0.717) is 22.8 Å². The molecule has 2 atom stereocenters. The first-order valence-corrected chi connectivity index (χ1v) is 15.1. The van der Waals surface area contributed by atoms with E-state index in [1.165, 1.54) is 0 Å². The molecule has 2 N–H and O–H groups in total. The standard InChI is InChI=1S/C33H48ClN3O4/c1-9-11-12-13-21-37(31(39)27(22(3)4)36-32(40)41-33(6,7)8)29(25-19-17-24(10-2)18-20-25)30(38)35-28-23(5)15-14-16-26(28)34/h14-20,22,27,29H,9-13,21H2,1-8H3,(H,35,38)(H,36,40). The maximum Gasteiger partial charge on any atom is 0.408 e. The fraction of sp³-hybridized carbons (Fsp3) is 0.545. The molecule has 2 rings (SSSR count). The minimum Gasteiger partial charge on any atom is -0.444 e. The number of nitrogens with zero attached hydrogens (tertiary/aromatic N) is 1. The molecule has 0 radical (unpaired) electrons. The third-order valence-electron chi connectivity index (χ3n) is 6.87. The Labute approximate surface area is 251 Å². The molecule has 2 aromatic rings. The Morgan fingerprint density at radius 2 is 1.63 bits per heavy atom. The van der Waals surface area contributed by atoms with Gasteiger partial charge in [-0.1, -0.05) is 95.0 Å². The molecule has 8 heteroatoms. The van der Waals surface area contributed by atoms with Gasteiger partial charge in [0.1, 0.15) is 17.7 Å². The summed E-state index contributed by atoms with van der Waals surface area (Å²) < 4.78 is 5.47. The van der Waals surface area contributed by atoms with Crippen LogP contribution in [0.4, 0.5) is 10.5 Å². The van der Waals surface area contributed by atoms with Gasteiger partial charge in [0.05, 0.1) is 10.7 Å². The summed E-state index contributed by atoms with van der Waals surface area (Å²) in [4.78, 5) is 42.8. The number of carbonyl (C=O) groups is 3. The van der Waals surface area contributed by atoms with E-state index in [1.54, 1.807) is 31.7 Å². The minimum atomic E-state index is -0.938. The minimum absolute atomic E-state index is 0.245. The van der Waals surface area contributed by atoms with Crippen molar-refractivity contribution in [3.63, 3.8) is 0 Å². The SMILES string of the molecule is CCCCCCN(C(=O)C(NC(=O)OC(C)(C)C)C(C)C)C(C(=O)Nc1c(C)cccc1Cl)c1ccc(CC)cc1. The number of rotatable bonds is 13. The molecule has 0 heterocycles. The third-order valence-corrected chi connectivity index (χ3v) is 7.19. The van der Waals surface area contributed by atoms with Crippen molar-refractivity contribution in [1.29, 1.82) is 0 Å². The average Bonchev–Trinajstić information content (AvgIpc) is 2.90. The number of alkyl carbamates (subject to hydrolysis) is 1. The van der Waals surface area contributed by atoms with Gasteiger partial charge in [0.15, 0.2) is 0 Å². The average molecular weight is 586 g/mol. The van der Waals surface area contributed by atoms with Crippen LogP contribution in [0.25, 0.3) is 0 Å². The maximum absolute atomic E-state index is 14.3. The highest BCUT2D eigenvalue weighted by molar-refractivity contribution is 6.34. The normalized spacial score (nSPS) is 12.9. The van der Waals surface area contributed by atoms with Crippen molar-refractivity contribution < 1.29 is 19.1 Å². The Balaban J connectivity index is 2.58. The van der Waals surface area contributed by atoms with Crippen LogP contribution in [0.3, 0.4) is 0 Å². The van der Waals surface area contributed by atoms with Crippen LogP contribution in [0.2, 0.25) is 5.02 Å². The van der Waals surface area contributed by atoms with Crippen LogP contribution in [-0.2, 0) is 20.7 Å². The molecule has 226 valence electrons. The zero-order valence-electron chi connectivity index (χ0n) is 26.0. The third kappa shape index (κ3) is 10.4. The van der Waals surface area contributed by atoms with E-state index >= 15 is 0 Å². The number of amides is 3. The molecule has 0 aliphatic heterocycles. The predicted octanol–water partition coefficient (Wildman–Crippen LogP) is 7.85. The lowest BCUT2D eigenvalue weighted by Crippen LogP contribution is -2.54. The van der Waals surface area contributed by atoms with Gasteiger partial charge in [-0.05, 0) is 69.2 Å². The molecule has 0 aliphatic rings.